The highest BCUT2D eigenvalue weighted by Crippen LogP contribution is 2.25. The number of nitro benzene ring substituents is 1. The highest BCUT2D eigenvalue weighted by atomic mass is 19.1. The lowest BCUT2D eigenvalue weighted by atomic mass is 10.2. The first-order valence-corrected chi connectivity index (χ1v) is 7.62. The summed E-state index contributed by atoms with van der Waals surface area (Å²) >= 11 is 0. The molecule has 0 aromatic heterocycles. The Balaban J connectivity index is 2.06. The number of aryl methyl sites for hydroxylation is 1. The number of anilines is 3. The van der Waals surface area contributed by atoms with Crippen LogP contribution in [0.5, 0.6) is 0 Å². The van der Waals surface area contributed by atoms with Crippen molar-refractivity contribution in [3.05, 3.63) is 57.9 Å². The van der Waals surface area contributed by atoms with Gasteiger partial charge in [-0.3, -0.25) is 19.7 Å². The fraction of sp³-hybridized carbons (Fsp3) is 0.176. The molecule has 0 bridgehead atoms. The van der Waals surface area contributed by atoms with Crippen LogP contribution in [0.4, 0.5) is 27.1 Å². The van der Waals surface area contributed by atoms with E-state index in [-0.39, 0.29) is 29.5 Å². The number of hydrogen-bond acceptors (Lipinski definition) is 5. The zero-order valence-corrected chi connectivity index (χ0v) is 14.1. The van der Waals surface area contributed by atoms with E-state index < -0.39 is 16.6 Å². The number of carbonyl (C=O) groups is 2. The van der Waals surface area contributed by atoms with E-state index in [0.717, 1.165) is 6.07 Å². The smallest absolute Gasteiger partial charge is 0.293 e. The summed E-state index contributed by atoms with van der Waals surface area (Å²) in [4.78, 5) is 33.5. The normalized spacial score (nSPS) is 10.1. The van der Waals surface area contributed by atoms with Gasteiger partial charge in [-0.05, 0) is 36.8 Å². The second-order valence-corrected chi connectivity index (χ2v) is 5.56. The van der Waals surface area contributed by atoms with Crippen LogP contribution in [0.25, 0.3) is 0 Å². The number of nitrogens with zero attached hydrogens (tertiary/aromatic N) is 1. The van der Waals surface area contributed by atoms with E-state index in [0.29, 0.717) is 11.3 Å². The highest BCUT2D eigenvalue weighted by molar-refractivity contribution is 5.96. The molecule has 9 heteroatoms. The number of hydrogen-bond donors (Lipinski definition) is 3. The predicted molar refractivity (Wildman–Crippen MR) is 95.7 cm³/mol. The van der Waals surface area contributed by atoms with Crippen molar-refractivity contribution >= 4 is 34.6 Å². The zero-order valence-electron chi connectivity index (χ0n) is 14.1. The van der Waals surface area contributed by atoms with E-state index >= 15 is 0 Å². The number of nitrogens with one attached hydrogen (secondary N) is 3. The van der Waals surface area contributed by atoms with Gasteiger partial charge in [-0.25, -0.2) is 4.39 Å². The van der Waals surface area contributed by atoms with Crippen LogP contribution in [0.15, 0.2) is 36.4 Å². The summed E-state index contributed by atoms with van der Waals surface area (Å²) in [5, 5.41) is 18.6. The molecule has 0 aliphatic carbocycles. The topological polar surface area (TPSA) is 113 Å². The van der Waals surface area contributed by atoms with Crippen molar-refractivity contribution in [2.24, 2.45) is 0 Å². The average molecular weight is 360 g/mol. The molecule has 0 aliphatic rings. The van der Waals surface area contributed by atoms with E-state index in [2.05, 4.69) is 16.0 Å². The Morgan fingerprint density at radius 2 is 1.85 bits per heavy atom. The molecule has 0 saturated heterocycles. The van der Waals surface area contributed by atoms with Gasteiger partial charge in [0.15, 0.2) is 0 Å². The second-order valence-electron chi connectivity index (χ2n) is 5.56. The molecule has 26 heavy (non-hydrogen) atoms. The maximum Gasteiger partial charge on any atom is 0.293 e. The van der Waals surface area contributed by atoms with Crippen molar-refractivity contribution in [2.75, 3.05) is 22.5 Å². The lowest BCUT2D eigenvalue weighted by Gasteiger charge is -2.11. The first-order chi connectivity index (χ1) is 12.3. The number of carbonyl (C=O) groups excluding carboxylic acids is 2. The minimum Gasteiger partial charge on any atom is -0.374 e. The SMILES string of the molecule is CC(=O)Nc1ccc(F)c(NCC(=O)Nc2ccc(C)cc2[N+](=O)[O-])c1. The molecule has 0 unspecified atom stereocenters. The van der Waals surface area contributed by atoms with Gasteiger partial charge in [0.2, 0.25) is 11.8 Å². The van der Waals surface area contributed by atoms with Gasteiger partial charge in [0.1, 0.15) is 11.5 Å². The van der Waals surface area contributed by atoms with Crippen LogP contribution < -0.4 is 16.0 Å². The molecule has 0 atom stereocenters. The highest BCUT2D eigenvalue weighted by Gasteiger charge is 2.16. The molecule has 0 spiro atoms. The Bertz CT molecular complexity index is 870. The van der Waals surface area contributed by atoms with Gasteiger partial charge in [-0.1, -0.05) is 6.07 Å². The van der Waals surface area contributed by atoms with E-state index in [1.54, 1.807) is 13.0 Å². The van der Waals surface area contributed by atoms with Gasteiger partial charge in [-0.2, -0.15) is 0 Å². The van der Waals surface area contributed by atoms with Crippen molar-refractivity contribution < 1.29 is 18.9 Å². The Kier molecular flexibility index (Phi) is 5.84. The minimum absolute atomic E-state index is 0.0183. The lowest BCUT2D eigenvalue weighted by Crippen LogP contribution is -2.22. The number of amides is 2. The molecule has 136 valence electrons. The largest absolute Gasteiger partial charge is 0.374 e. The third-order valence-corrected chi connectivity index (χ3v) is 3.35. The number of benzene rings is 2. The molecular weight excluding hydrogens is 343 g/mol. The Hall–Kier alpha value is -3.49. The fourth-order valence-corrected chi connectivity index (χ4v) is 2.21. The first-order valence-electron chi connectivity index (χ1n) is 7.62. The third-order valence-electron chi connectivity index (χ3n) is 3.35. The molecule has 3 N–H and O–H groups in total. The summed E-state index contributed by atoms with van der Waals surface area (Å²) in [6, 6.07) is 8.29. The Morgan fingerprint density at radius 1 is 1.12 bits per heavy atom. The van der Waals surface area contributed by atoms with Gasteiger partial charge >= 0.3 is 0 Å². The molecule has 0 saturated carbocycles. The fourth-order valence-electron chi connectivity index (χ4n) is 2.21. The predicted octanol–water partition coefficient (Wildman–Crippen LogP) is 3.05. The monoisotopic (exact) mass is 360 g/mol. The molecule has 2 amide bonds. The van der Waals surface area contributed by atoms with Crippen LogP contribution in [0.1, 0.15) is 12.5 Å². The lowest BCUT2D eigenvalue weighted by molar-refractivity contribution is -0.384. The number of halogens is 1. The van der Waals surface area contributed by atoms with Crippen molar-refractivity contribution in [1.29, 1.82) is 0 Å². The van der Waals surface area contributed by atoms with Crippen molar-refractivity contribution in [1.82, 2.24) is 0 Å². The van der Waals surface area contributed by atoms with E-state index in [4.69, 9.17) is 0 Å². The standard InChI is InChI=1S/C17H17FN4O4/c1-10-3-6-14(16(7-10)22(25)26)21-17(24)9-19-15-8-12(20-11(2)23)4-5-13(15)18/h3-8,19H,9H2,1-2H3,(H,20,23)(H,21,24). The van der Waals surface area contributed by atoms with Crippen LogP contribution in [0.3, 0.4) is 0 Å². The van der Waals surface area contributed by atoms with Gasteiger partial charge in [0, 0.05) is 18.7 Å². The van der Waals surface area contributed by atoms with Crippen LogP contribution in [-0.2, 0) is 9.59 Å². The van der Waals surface area contributed by atoms with Gasteiger partial charge in [-0.15, -0.1) is 0 Å². The van der Waals surface area contributed by atoms with Gasteiger partial charge < -0.3 is 16.0 Å². The molecule has 8 nitrogen and oxygen atoms in total. The number of nitro groups is 1. The Labute approximate surface area is 148 Å². The van der Waals surface area contributed by atoms with Crippen LogP contribution >= 0.6 is 0 Å². The van der Waals surface area contributed by atoms with Crippen molar-refractivity contribution in [3.63, 3.8) is 0 Å². The number of rotatable bonds is 6. The molecule has 2 aromatic rings. The quantitative estimate of drug-likeness (QED) is 0.541. The summed E-state index contributed by atoms with van der Waals surface area (Å²) in [5.41, 5.74) is 0.905. The van der Waals surface area contributed by atoms with Crippen LogP contribution in [0, 0.1) is 22.9 Å². The first kappa shape index (κ1) is 18.8. The summed E-state index contributed by atoms with van der Waals surface area (Å²) in [5.74, 6) is -1.50. The zero-order chi connectivity index (χ0) is 19.3. The van der Waals surface area contributed by atoms with E-state index in [9.17, 15) is 24.1 Å². The molecule has 2 aromatic carbocycles. The van der Waals surface area contributed by atoms with Gasteiger partial charge in [0.25, 0.3) is 5.69 Å². The van der Waals surface area contributed by atoms with E-state index in [1.165, 1.54) is 31.2 Å². The third kappa shape index (κ3) is 5.00. The molecule has 0 aliphatic heterocycles. The summed E-state index contributed by atoms with van der Waals surface area (Å²) in [6.45, 7) is 2.70. The van der Waals surface area contributed by atoms with Crippen molar-refractivity contribution in [3.8, 4) is 0 Å². The van der Waals surface area contributed by atoms with Crippen molar-refractivity contribution in [2.45, 2.75) is 13.8 Å². The summed E-state index contributed by atoms with van der Waals surface area (Å²) < 4.78 is 13.8. The maximum absolute atomic E-state index is 13.8. The molecule has 0 heterocycles. The Morgan fingerprint density at radius 3 is 2.50 bits per heavy atom. The van der Waals surface area contributed by atoms with Crippen LogP contribution in [0.2, 0.25) is 0 Å². The summed E-state index contributed by atoms with van der Waals surface area (Å²) in [6.07, 6.45) is 0. The molecular formula is C17H17FN4O4. The van der Waals surface area contributed by atoms with Crippen LogP contribution in [-0.4, -0.2) is 23.3 Å². The minimum atomic E-state index is -0.604. The van der Waals surface area contributed by atoms with Gasteiger partial charge in [0.05, 0.1) is 17.2 Å². The summed E-state index contributed by atoms with van der Waals surface area (Å²) in [7, 11) is 0. The molecule has 2 rings (SSSR count). The molecule has 0 fully saturated rings. The average Bonchev–Trinajstić information content (AvgIpc) is 2.56. The van der Waals surface area contributed by atoms with E-state index in [1.807, 2.05) is 0 Å². The second kappa shape index (κ2) is 8.06. The molecule has 0 radical (unpaired) electrons. The maximum atomic E-state index is 13.8.